The van der Waals surface area contributed by atoms with Gasteiger partial charge in [0.25, 0.3) is 0 Å². The first-order valence-electron chi connectivity index (χ1n) is 7.75. The fraction of sp³-hybridized carbons (Fsp3) is 0.167. The Bertz CT molecular complexity index is 834. The zero-order chi connectivity index (χ0) is 17.6. The van der Waals surface area contributed by atoms with Crippen molar-refractivity contribution in [3.63, 3.8) is 0 Å². The van der Waals surface area contributed by atoms with E-state index in [1.165, 1.54) is 16.8 Å². The van der Waals surface area contributed by atoms with Gasteiger partial charge in [-0.1, -0.05) is 35.5 Å². The van der Waals surface area contributed by atoms with Gasteiger partial charge in [-0.15, -0.1) is 5.10 Å². The first kappa shape index (κ1) is 16.8. The molecule has 0 spiro atoms. The highest BCUT2D eigenvalue weighted by Gasteiger charge is 2.16. The minimum Gasteiger partial charge on any atom is -0.458 e. The van der Waals surface area contributed by atoms with E-state index < -0.39 is 12.0 Å². The Hall–Kier alpha value is -3.06. The minimum atomic E-state index is -0.741. The third-order valence-corrected chi connectivity index (χ3v) is 3.60. The molecule has 7 heteroatoms. The van der Waals surface area contributed by atoms with Crippen LogP contribution in [0.5, 0.6) is 0 Å². The molecule has 128 valence electrons. The number of aromatic nitrogens is 3. The molecule has 0 aliphatic carbocycles. The predicted molar refractivity (Wildman–Crippen MR) is 89.2 cm³/mol. The molecule has 3 rings (SSSR count). The zero-order valence-electron chi connectivity index (χ0n) is 13.4. The molecule has 0 saturated carbocycles. The highest BCUT2D eigenvalue weighted by atomic mass is 19.1. The molecule has 0 unspecified atom stereocenters. The number of ether oxygens (including phenoxy) is 1. The molecule has 1 atom stereocenters. The van der Waals surface area contributed by atoms with Crippen LogP contribution in [0.2, 0.25) is 0 Å². The molecule has 2 N–H and O–H groups in total. The zero-order valence-corrected chi connectivity index (χ0v) is 13.4. The molecule has 1 aromatic heterocycles. The fourth-order valence-corrected chi connectivity index (χ4v) is 2.29. The van der Waals surface area contributed by atoms with Gasteiger partial charge in [-0.2, -0.15) is 0 Å². The van der Waals surface area contributed by atoms with Crippen LogP contribution in [0.25, 0.3) is 5.69 Å². The SMILES string of the molecule is N[C@@H](Cc1ccccc1)C(=O)OCc1cn(-c2ccc(F)cc2)nn1. The second-order valence-corrected chi connectivity index (χ2v) is 5.53. The van der Waals surface area contributed by atoms with Gasteiger partial charge in [-0.05, 0) is 36.2 Å². The van der Waals surface area contributed by atoms with Gasteiger partial charge < -0.3 is 10.5 Å². The van der Waals surface area contributed by atoms with E-state index in [2.05, 4.69) is 10.3 Å². The quantitative estimate of drug-likeness (QED) is 0.694. The van der Waals surface area contributed by atoms with Crippen molar-refractivity contribution in [2.45, 2.75) is 19.1 Å². The van der Waals surface area contributed by atoms with Crippen molar-refractivity contribution in [3.05, 3.63) is 77.9 Å². The maximum atomic E-state index is 12.9. The van der Waals surface area contributed by atoms with Crippen LogP contribution in [-0.4, -0.2) is 27.0 Å². The number of carbonyl (C=O) groups excluding carboxylic acids is 1. The van der Waals surface area contributed by atoms with Crippen molar-refractivity contribution in [2.24, 2.45) is 5.73 Å². The van der Waals surface area contributed by atoms with Crippen LogP contribution in [-0.2, 0) is 22.6 Å². The number of rotatable bonds is 6. The van der Waals surface area contributed by atoms with Gasteiger partial charge in [0.1, 0.15) is 24.2 Å². The summed E-state index contributed by atoms with van der Waals surface area (Å²) >= 11 is 0. The summed E-state index contributed by atoms with van der Waals surface area (Å²) in [4.78, 5) is 12.0. The molecule has 1 heterocycles. The van der Waals surface area contributed by atoms with Crippen LogP contribution in [0, 0.1) is 5.82 Å². The second kappa shape index (κ2) is 7.67. The Morgan fingerprint density at radius 2 is 1.88 bits per heavy atom. The molecule has 6 nitrogen and oxygen atoms in total. The van der Waals surface area contributed by atoms with E-state index in [0.717, 1.165) is 5.56 Å². The standard InChI is InChI=1S/C18H17FN4O2/c19-14-6-8-16(9-7-14)23-11-15(21-22-23)12-25-18(24)17(20)10-13-4-2-1-3-5-13/h1-9,11,17H,10,12,20H2/t17-/m0/s1. The Labute approximate surface area is 144 Å². The van der Waals surface area contributed by atoms with E-state index in [1.807, 2.05) is 30.3 Å². The Morgan fingerprint density at radius 1 is 1.16 bits per heavy atom. The molecule has 3 aromatic rings. The molecule has 0 fully saturated rings. The van der Waals surface area contributed by atoms with E-state index >= 15 is 0 Å². The average Bonchev–Trinajstić information content (AvgIpc) is 3.10. The molecule has 25 heavy (non-hydrogen) atoms. The molecule has 0 aliphatic heterocycles. The van der Waals surface area contributed by atoms with Crippen molar-refractivity contribution in [1.82, 2.24) is 15.0 Å². The molecule has 0 amide bonds. The van der Waals surface area contributed by atoms with Gasteiger partial charge in [-0.25, -0.2) is 9.07 Å². The summed E-state index contributed by atoms with van der Waals surface area (Å²) in [5, 5.41) is 7.86. The summed E-state index contributed by atoms with van der Waals surface area (Å²) in [5.74, 6) is -0.828. The monoisotopic (exact) mass is 340 g/mol. The maximum absolute atomic E-state index is 12.9. The summed E-state index contributed by atoms with van der Waals surface area (Å²) in [6.07, 6.45) is 2.02. The van der Waals surface area contributed by atoms with Crippen LogP contribution in [0.4, 0.5) is 4.39 Å². The van der Waals surface area contributed by atoms with Crippen LogP contribution in [0.15, 0.2) is 60.8 Å². The lowest BCUT2D eigenvalue weighted by Crippen LogP contribution is -2.34. The number of hydrogen-bond acceptors (Lipinski definition) is 5. The van der Waals surface area contributed by atoms with Gasteiger partial charge in [-0.3, -0.25) is 4.79 Å². The lowest BCUT2D eigenvalue weighted by atomic mass is 10.1. The molecule has 0 aliphatic rings. The normalized spacial score (nSPS) is 11.9. The summed E-state index contributed by atoms with van der Waals surface area (Å²) in [5.41, 5.74) is 7.98. The third kappa shape index (κ3) is 4.48. The Balaban J connectivity index is 1.54. The molecular weight excluding hydrogens is 323 g/mol. The van der Waals surface area contributed by atoms with Gasteiger partial charge in [0.2, 0.25) is 0 Å². The van der Waals surface area contributed by atoms with Crippen LogP contribution in [0.1, 0.15) is 11.3 Å². The predicted octanol–water partition coefficient (Wildman–Crippen LogP) is 2.02. The maximum Gasteiger partial charge on any atom is 0.323 e. The average molecular weight is 340 g/mol. The summed E-state index contributed by atoms with van der Waals surface area (Å²) < 4.78 is 19.6. The van der Waals surface area contributed by atoms with E-state index in [-0.39, 0.29) is 12.4 Å². The molecule has 0 bridgehead atoms. The topological polar surface area (TPSA) is 83.0 Å². The Kier molecular flexibility index (Phi) is 5.15. The fourth-order valence-electron chi connectivity index (χ4n) is 2.29. The number of carbonyl (C=O) groups is 1. The van der Waals surface area contributed by atoms with Crippen LogP contribution in [0.3, 0.4) is 0 Å². The van der Waals surface area contributed by atoms with E-state index in [4.69, 9.17) is 10.5 Å². The van der Waals surface area contributed by atoms with E-state index in [1.54, 1.807) is 18.3 Å². The highest BCUT2D eigenvalue weighted by molar-refractivity contribution is 5.75. The van der Waals surface area contributed by atoms with E-state index in [0.29, 0.717) is 17.8 Å². The van der Waals surface area contributed by atoms with E-state index in [9.17, 15) is 9.18 Å². The van der Waals surface area contributed by atoms with Crippen molar-refractivity contribution < 1.29 is 13.9 Å². The van der Waals surface area contributed by atoms with Crippen molar-refractivity contribution in [2.75, 3.05) is 0 Å². The lowest BCUT2D eigenvalue weighted by molar-refractivity contribution is -0.146. The number of nitrogens with two attached hydrogens (primary N) is 1. The van der Waals surface area contributed by atoms with Crippen molar-refractivity contribution >= 4 is 5.97 Å². The van der Waals surface area contributed by atoms with Gasteiger partial charge in [0.15, 0.2) is 0 Å². The molecule has 2 aromatic carbocycles. The highest BCUT2D eigenvalue weighted by Crippen LogP contribution is 2.09. The number of esters is 1. The number of halogens is 1. The Morgan fingerprint density at radius 3 is 2.60 bits per heavy atom. The minimum absolute atomic E-state index is 0.0253. The third-order valence-electron chi connectivity index (χ3n) is 3.60. The van der Waals surface area contributed by atoms with Crippen molar-refractivity contribution in [1.29, 1.82) is 0 Å². The van der Waals surface area contributed by atoms with Crippen LogP contribution < -0.4 is 5.73 Å². The number of nitrogens with zero attached hydrogens (tertiary/aromatic N) is 3. The largest absolute Gasteiger partial charge is 0.458 e. The van der Waals surface area contributed by atoms with Gasteiger partial charge in [0.05, 0.1) is 11.9 Å². The van der Waals surface area contributed by atoms with Gasteiger partial charge in [0, 0.05) is 0 Å². The van der Waals surface area contributed by atoms with Crippen molar-refractivity contribution in [3.8, 4) is 5.69 Å². The summed E-state index contributed by atoms with van der Waals surface area (Å²) in [6.45, 7) is -0.0253. The number of hydrogen-bond donors (Lipinski definition) is 1. The lowest BCUT2D eigenvalue weighted by Gasteiger charge is -2.10. The van der Waals surface area contributed by atoms with Gasteiger partial charge >= 0.3 is 5.97 Å². The molecule has 0 saturated heterocycles. The number of benzene rings is 2. The summed E-state index contributed by atoms with van der Waals surface area (Å²) in [7, 11) is 0. The first-order chi connectivity index (χ1) is 12.1. The first-order valence-corrected chi connectivity index (χ1v) is 7.75. The van der Waals surface area contributed by atoms with Crippen LogP contribution >= 0.6 is 0 Å². The molecule has 0 radical (unpaired) electrons. The smallest absolute Gasteiger partial charge is 0.323 e. The summed E-state index contributed by atoms with van der Waals surface area (Å²) in [6, 6.07) is 14.6. The second-order valence-electron chi connectivity index (χ2n) is 5.53. The molecular formula is C18H17FN4O2.